The molecule has 0 bridgehead atoms. The van der Waals surface area contributed by atoms with E-state index in [4.69, 9.17) is 9.47 Å². The number of benzene rings is 2. The minimum Gasteiger partial charge on any atom is -0.490 e. The number of anilines is 1. The second-order valence-electron chi connectivity index (χ2n) is 12.1. The van der Waals surface area contributed by atoms with Gasteiger partial charge in [0.2, 0.25) is 15.9 Å². The van der Waals surface area contributed by atoms with Crippen LogP contribution in [-0.4, -0.2) is 41.9 Å². The van der Waals surface area contributed by atoms with E-state index in [9.17, 15) is 23.1 Å². The zero-order chi connectivity index (χ0) is 32.4. The van der Waals surface area contributed by atoms with E-state index in [1.807, 2.05) is 26.0 Å². The SMILES string of the molecule is CCS(=O)(=O)Nc1ccc(Oc2c(C)cc(C(C)(C)O)cc2C)c(-c2cn(C)c(=O)cc2OC2CCC(NC(C)=O)CC2)c1. The minimum atomic E-state index is -3.57. The van der Waals surface area contributed by atoms with Crippen molar-refractivity contribution in [2.24, 2.45) is 7.05 Å². The van der Waals surface area contributed by atoms with Crippen LogP contribution < -0.4 is 25.1 Å². The van der Waals surface area contributed by atoms with E-state index < -0.39 is 15.6 Å². The van der Waals surface area contributed by atoms with Crippen molar-refractivity contribution >= 4 is 21.6 Å². The van der Waals surface area contributed by atoms with Crippen molar-refractivity contribution in [3.05, 3.63) is 69.6 Å². The highest BCUT2D eigenvalue weighted by atomic mass is 32.2. The van der Waals surface area contributed by atoms with Crippen LogP contribution in [-0.2, 0) is 27.5 Å². The van der Waals surface area contributed by atoms with Gasteiger partial charge in [-0.3, -0.25) is 14.3 Å². The molecule has 3 aromatic rings. The van der Waals surface area contributed by atoms with Crippen molar-refractivity contribution in [3.8, 4) is 28.4 Å². The molecule has 0 aliphatic heterocycles. The molecule has 3 N–H and O–H groups in total. The predicted molar refractivity (Wildman–Crippen MR) is 172 cm³/mol. The first kappa shape index (κ1) is 33.1. The number of aryl methyl sites for hydroxylation is 3. The molecule has 44 heavy (non-hydrogen) atoms. The number of nitrogens with one attached hydrogen (secondary N) is 2. The van der Waals surface area contributed by atoms with E-state index in [2.05, 4.69) is 10.0 Å². The first-order valence-corrected chi connectivity index (χ1v) is 16.5. The number of nitrogens with zero attached hydrogens (tertiary/aromatic N) is 1. The molecular weight excluding hydrogens is 582 g/mol. The number of rotatable bonds is 10. The Bertz CT molecular complexity index is 1680. The number of carbonyl (C=O) groups excluding carboxylic acids is 1. The molecule has 0 atom stereocenters. The fourth-order valence-electron chi connectivity index (χ4n) is 5.42. The maximum atomic E-state index is 12.8. The number of amides is 1. The molecule has 0 radical (unpaired) electrons. The van der Waals surface area contributed by atoms with Gasteiger partial charge < -0.3 is 24.5 Å². The highest BCUT2D eigenvalue weighted by Crippen LogP contribution is 2.42. The van der Waals surface area contributed by atoms with Crippen LogP contribution in [0.2, 0.25) is 0 Å². The summed E-state index contributed by atoms with van der Waals surface area (Å²) in [6, 6.07) is 10.3. The Balaban J connectivity index is 1.79. The third-order valence-electron chi connectivity index (χ3n) is 7.87. The maximum Gasteiger partial charge on any atom is 0.254 e. The molecule has 1 saturated carbocycles. The second-order valence-corrected chi connectivity index (χ2v) is 14.1. The minimum absolute atomic E-state index is 0.0606. The van der Waals surface area contributed by atoms with Gasteiger partial charge in [-0.1, -0.05) is 0 Å². The average Bonchev–Trinajstić information content (AvgIpc) is 2.93. The number of pyridine rings is 1. The molecule has 0 saturated heterocycles. The van der Waals surface area contributed by atoms with Crippen LogP contribution in [0.15, 0.2) is 47.4 Å². The van der Waals surface area contributed by atoms with E-state index in [0.29, 0.717) is 46.9 Å². The Hall–Kier alpha value is -3.83. The number of hydrogen-bond donors (Lipinski definition) is 3. The summed E-state index contributed by atoms with van der Waals surface area (Å²) in [6.45, 7) is 10.3. The zero-order valence-corrected chi connectivity index (χ0v) is 27.3. The summed E-state index contributed by atoms with van der Waals surface area (Å²) in [4.78, 5) is 24.3. The van der Waals surface area contributed by atoms with Crippen molar-refractivity contribution < 1.29 is 27.8 Å². The highest BCUT2D eigenvalue weighted by Gasteiger charge is 2.26. The number of hydrogen-bond acceptors (Lipinski definition) is 7. The Kier molecular flexibility index (Phi) is 9.80. The van der Waals surface area contributed by atoms with Crippen molar-refractivity contribution in [3.63, 3.8) is 0 Å². The van der Waals surface area contributed by atoms with Crippen molar-refractivity contribution in [1.82, 2.24) is 9.88 Å². The molecule has 4 rings (SSSR count). The lowest BCUT2D eigenvalue weighted by atomic mass is 9.92. The van der Waals surface area contributed by atoms with Gasteiger partial charge in [-0.05, 0) is 107 Å². The van der Waals surface area contributed by atoms with Crippen LogP contribution in [0.1, 0.15) is 70.1 Å². The molecule has 11 heteroatoms. The van der Waals surface area contributed by atoms with E-state index in [1.54, 1.807) is 52.2 Å². The summed E-state index contributed by atoms with van der Waals surface area (Å²) in [5.41, 5.74) is 2.54. The summed E-state index contributed by atoms with van der Waals surface area (Å²) < 4.78 is 41.9. The quantitative estimate of drug-likeness (QED) is 0.279. The van der Waals surface area contributed by atoms with Gasteiger partial charge in [0.1, 0.15) is 17.2 Å². The molecule has 1 aliphatic carbocycles. The fraction of sp³-hybridized carbons (Fsp3) is 0.455. The number of aliphatic hydroxyl groups is 1. The molecule has 10 nitrogen and oxygen atoms in total. The predicted octanol–water partition coefficient (Wildman–Crippen LogP) is 5.28. The molecule has 0 spiro atoms. The largest absolute Gasteiger partial charge is 0.490 e. The standard InChI is InChI=1S/C33H43N3O7S/c1-8-44(40,41)35-25-11-14-29(43-32-20(2)15-23(16-21(32)3)33(5,6)39)27(17-25)28-19-36(7)31(38)18-30(28)42-26-12-9-24(10-13-26)34-22(4)37/h11,14-19,24,26,35,39H,8-10,12-13H2,1-7H3,(H,34,37). The van der Waals surface area contributed by atoms with Gasteiger partial charge in [-0.2, -0.15) is 0 Å². The summed E-state index contributed by atoms with van der Waals surface area (Å²) in [5.74, 6) is 1.24. The van der Waals surface area contributed by atoms with Gasteiger partial charge in [0, 0.05) is 49.1 Å². The fourth-order valence-corrected chi connectivity index (χ4v) is 6.05. The topological polar surface area (TPSA) is 136 Å². The van der Waals surface area contributed by atoms with Crippen molar-refractivity contribution in [1.29, 1.82) is 0 Å². The third kappa shape index (κ3) is 8.00. The highest BCUT2D eigenvalue weighted by molar-refractivity contribution is 7.92. The number of ether oxygens (including phenoxy) is 2. The van der Waals surface area contributed by atoms with Gasteiger partial charge >= 0.3 is 0 Å². The zero-order valence-electron chi connectivity index (χ0n) is 26.5. The van der Waals surface area contributed by atoms with Crippen molar-refractivity contribution in [2.45, 2.75) is 85.0 Å². The Morgan fingerprint density at radius 2 is 1.66 bits per heavy atom. The lowest BCUT2D eigenvalue weighted by molar-refractivity contribution is -0.120. The van der Waals surface area contributed by atoms with Crippen LogP contribution in [0.25, 0.3) is 11.1 Å². The smallest absolute Gasteiger partial charge is 0.254 e. The molecule has 0 unspecified atom stereocenters. The summed E-state index contributed by atoms with van der Waals surface area (Å²) >= 11 is 0. The van der Waals surface area contributed by atoms with Gasteiger partial charge in [0.15, 0.2) is 0 Å². The van der Waals surface area contributed by atoms with Crippen LogP contribution in [0.5, 0.6) is 17.2 Å². The Labute approximate surface area is 259 Å². The molecule has 238 valence electrons. The Morgan fingerprint density at radius 1 is 1.02 bits per heavy atom. The van der Waals surface area contributed by atoms with Crippen LogP contribution >= 0.6 is 0 Å². The summed E-state index contributed by atoms with van der Waals surface area (Å²) in [6.07, 6.45) is 4.41. The molecule has 1 fully saturated rings. The van der Waals surface area contributed by atoms with Gasteiger partial charge in [0.25, 0.3) is 5.56 Å². The molecule has 1 aromatic heterocycles. The molecule has 1 amide bonds. The molecule has 2 aromatic carbocycles. The van der Waals surface area contributed by atoms with Crippen LogP contribution in [0, 0.1) is 13.8 Å². The second kappa shape index (κ2) is 13.0. The van der Waals surface area contributed by atoms with E-state index in [-0.39, 0.29) is 29.4 Å². The summed E-state index contributed by atoms with van der Waals surface area (Å²) in [5, 5.41) is 13.5. The average molecular weight is 626 g/mol. The molecular formula is C33H43N3O7S. The number of sulfonamides is 1. The normalized spacial score (nSPS) is 17.2. The van der Waals surface area contributed by atoms with Crippen molar-refractivity contribution in [2.75, 3.05) is 10.5 Å². The van der Waals surface area contributed by atoms with E-state index >= 15 is 0 Å². The summed E-state index contributed by atoms with van der Waals surface area (Å²) in [7, 11) is -1.93. The Morgan fingerprint density at radius 3 is 2.23 bits per heavy atom. The first-order valence-electron chi connectivity index (χ1n) is 14.9. The molecule has 1 heterocycles. The van der Waals surface area contributed by atoms with E-state index in [1.165, 1.54) is 17.6 Å². The van der Waals surface area contributed by atoms with Crippen LogP contribution in [0.4, 0.5) is 5.69 Å². The maximum absolute atomic E-state index is 12.8. The van der Waals surface area contributed by atoms with E-state index in [0.717, 1.165) is 29.5 Å². The number of carbonyl (C=O) groups is 1. The molecule has 1 aliphatic rings. The van der Waals surface area contributed by atoms with Gasteiger partial charge in [0.05, 0.1) is 17.5 Å². The van der Waals surface area contributed by atoms with Gasteiger partial charge in [-0.15, -0.1) is 0 Å². The third-order valence-corrected chi connectivity index (χ3v) is 9.17. The lowest BCUT2D eigenvalue weighted by Crippen LogP contribution is -2.38. The van der Waals surface area contributed by atoms with Crippen LogP contribution in [0.3, 0.4) is 0 Å². The monoisotopic (exact) mass is 625 g/mol. The first-order chi connectivity index (χ1) is 20.6. The van der Waals surface area contributed by atoms with Gasteiger partial charge in [-0.25, -0.2) is 8.42 Å². The lowest BCUT2D eigenvalue weighted by Gasteiger charge is -2.30. The number of aromatic nitrogens is 1.